The summed E-state index contributed by atoms with van der Waals surface area (Å²) in [5.41, 5.74) is 2.61. The average molecular weight is 435 g/mol. The van der Waals surface area contributed by atoms with E-state index >= 15 is 0 Å². The molecule has 0 fully saturated rings. The summed E-state index contributed by atoms with van der Waals surface area (Å²) in [4.78, 5) is 34.3. The fourth-order valence-electron chi connectivity index (χ4n) is 5.37. The monoisotopic (exact) mass is 435 g/mol. The molecular weight excluding hydrogens is 414 g/mol. The lowest BCUT2D eigenvalue weighted by molar-refractivity contribution is -0.121. The first-order valence-electron chi connectivity index (χ1n) is 10.9. The highest BCUT2D eigenvalue weighted by Gasteiger charge is 2.53. The normalized spacial score (nSPS) is 23.6. The van der Waals surface area contributed by atoms with Crippen molar-refractivity contribution in [1.29, 1.82) is 5.26 Å². The van der Waals surface area contributed by atoms with Gasteiger partial charge in [-0.05, 0) is 48.1 Å². The van der Waals surface area contributed by atoms with E-state index in [1.807, 2.05) is 49.5 Å². The molecule has 0 spiro atoms. The van der Waals surface area contributed by atoms with Crippen molar-refractivity contribution in [3.63, 3.8) is 0 Å². The molecule has 1 aromatic heterocycles. The first kappa shape index (κ1) is 20.8. The number of aromatic carboxylic acids is 1. The summed E-state index contributed by atoms with van der Waals surface area (Å²) in [5, 5.41) is 19.4. The van der Waals surface area contributed by atoms with Crippen LogP contribution in [-0.4, -0.2) is 26.8 Å². The smallest absolute Gasteiger partial charge is 0.335 e. The molecule has 2 aromatic carbocycles. The number of carbonyl (C=O) groups is 2. The van der Waals surface area contributed by atoms with Crippen molar-refractivity contribution in [2.24, 2.45) is 11.8 Å². The Morgan fingerprint density at radius 1 is 1.18 bits per heavy atom. The van der Waals surface area contributed by atoms with Gasteiger partial charge in [-0.1, -0.05) is 49.4 Å². The molecule has 5 rings (SSSR count). The number of nitriles is 1. The second-order valence-electron chi connectivity index (χ2n) is 8.66. The van der Waals surface area contributed by atoms with E-state index in [9.17, 15) is 20.0 Å². The van der Waals surface area contributed by atoms with Gasteiger partial charge in [-0.3, -0.25) is 4.79 Å². The van der Waals surface area contributed by atoms with Crippen LogP contribution in [0.4, 0.5) is 0 Å². The zero-order valence-electron chi connectivity index (χ0n) is 18.0. The number of benzene rings is 2. The fraction of sp³-hybridized carbons (Fsp3) is 0.222. The van der Waals surface area contributed by atoms with Crippen molar-refractivity contribution in [1.82, 2.24) is 9.97 Å². The van der Waals surface area contributed by atoms with E-state index in [-0.39, 0.29) is 22.8 Å². The van der Waals surface area contributed by atoms with Crippen molar-refractivity contribution in [3.05, 3.63) is 94.8 Å². The SMILES string of the molecule is C[C@@H]1C(=O)C(C#N)=CC2(c3cccc(C(=O)O)c3)c3nc(-c4ccccc4)ncc3CC[C@@H]12. The van der Waals surface area contributed by atoms with E-state index in [1.165, 1.54) is 0 Å². The summed E-state index contributed by atoms with van der Waals surface area (Å²) in [5.74, 6) is -1.20. The largest absolute Gasteiger partial charge is 0.478 e. The van der Waals surface area contributed by atoms with Crippen LogP contribution in [0.1, 0.15) is 40.5 Å². The van der Waals surface area contributed by atoms with Gasteiger partial charge in [0.15, 0.2) is 11.6 Å². The van der Waals surface area contributed by atoms with E-state index in [0.717, 1.165) is 22.4 Å². The van der Waals surface area contributed by atoms with Gasteiger partial charge in [0.25, 0.3) is 0 Å². The number of carboxylic acid groups (broad SMARTS) is 1. The molecule has 0 radical (unpaired) electrons. The average Bonchev–Trinajstić information content (AvgIpc) is 2.86. The Labute approximate surface area is 191 Å². The van der Waals surface area contributed by atoms with Gasteiger partial charge in [0.05, 0.1) is 22.2 Å². The second-order valence-corrected chi connectivity index (χ2v) is 8.66. The Hall–Kier alpha value is -4.11. The number of nitrogens with zero attached hydrogens (tertiary/aromatic N) is 3. The van der Waals surface area contributed by atoms with Crippen LogP contribution in [-0.2, 0) is 16.6 Å². The number of hydrogen-bond acceptors (Lipinski definition) is 5. The lowest BCUT2D eigenvalue weighted by atomic mass is 9.54. The van der Waals surface area contributed by atoms with E-state index in [2.05, 4.69) is 11.1 Å². The Morgan fingerprint density at radius 3 is 2.70 bits per heavy atom. The molecule has 162 valence electrons. The van der Waals surface area contributed by atoms with Gasteiger partial charge < -0.3 is 5.11 Å². The Balaban J connectivity index is 1.85. The molecule has 0 bridgehead atoms. The van der Waals surface area contributed by atoms with E-state index in [4.69, 9.17) is 4.98 Å². The van der Waals surface area contributed by atoms with Crippen LogP contribution >= 0.6 is 0 Å². The third-order valence-corrected chi connectivity index (χ3v) is 6.96. The number of rotatable bonds is 3. The summed E-state index contributed by atoms with van der Waals surface area (Å²) in [6, 6.07) is 18.5. The minimum absolute atomic E-state index is 0.0900. The lowest BCUT2D eigenvalue weighted by Crippen LogP contribution is -2.48. The minimum Gasteiger partial charge on any atom is -0.478 e. The van der Waals surface area contributed by atoms with Crippen molar-refractivity contribution in [2.75, 3.05) is 0 Å². The number of fused-ring (bicyclic) bond motifs is 3. The van der Waals surface area contributed by atoms with Crippen molar-refractivity contribution < 1.29 is 14.7 Å². The molecule has 3 atom stereocenters. The van der Waals surface area contributed by atoms with Crippen LogP contribution in [0.2, 0.25) is 0 Å². The number of hydrogen-bond donors (Lipinski definition) is 1. The zero-order chi connectivity index (χ0) is 23.2. The van der Waals surface area contributed by atoms with Gasteiger partial charge in [0.1, 0.15) is 6.07 Å². The number of aromatic nitrogens is 2. The summed E-state index contributed by atoms with van der Waals surface area (Å²) in [6.07, 6.45) is 4.97. The molecule has 6 nitrogen and oxygen atoms in total. The number of ketones is 1. The maximum absolute atomic E-state index is 12.9. The number of Topliss-reactive ketones (excluding diaryl/α,β-unsaturated/α-hetero) is 1. The first-order valence-corrected chi connectivity index (χ1v) is 10.9. The maximum Gasteiger partial charge on any atom is 0.335 e. The zero-order valence-corrected chi connectivity index (χ0v) is 18.0. The Kier molecular flexibility index (Phi) is 4.90. The topological polar surface area (TPSA) is 104 Å². The number of carboxylic acids is 1. The number of aryl methyl sites for hydroxylation is 1. The summed E-state index contributed by atoms with van der Waals surface area (Å²) >= 11 is 0. The van der Waals surface area contributed by atoms with Crippen molar-refractivity contribution in [3.8, 4) is 17.5 Å². The molecule has 0 aliphatic heterocycles. The quantitative estimate of drug-likeness (QED) is 0.656. The fourth-order valence-corrected chi connectivity index (χ4v) is 5.37. The molecule has 0 saturated carbocycles. The van der Waals surface area contributed by atoms with Crippen LogP contribution in [0, 0.1) is 23.2 Å². The number of carbonyl (C=O) groups excluding carboxylic acids is 1. The predicted octanol–water partition coefficient (Wildman–Crippen LogP) is 4.36. The van der Waals surface area contributed by atoms with Gasteiger partial charge >= 0.3 is 5.97 Å². The molecular formula is C27H21N3O3. The molecule has 6 heteroatoms. The predicted molar refractivity (Wildman–Crippen MR) is 121 cm³/mol. The standard InChI is InChI=1S/C27H21N3O3/c1-16-22-11-10-19-15-29-25(17-6-3-2-4-7-17)30-24(19)27(22,13-20(14-28)23(16)31)21-9-5-8-18(12-21)26(32)33/h2-9,12-13,15-16,22H,10-11H2,1H3,(H,32,33)/t16-,22-,27?/m0/s1. The van der Waals surface area contributed by atoms with E-state index < -0.39 is 17.3 Å². The molecule has 1 unspecified atom stereocenters. The van der Waals surface area contributed by atoms with Crippen LogP contribution in [0.15, 0.2) is 72.4 Å². The van der Waals surface area contributed by atoms with E-state index in [0.29, 0.717) is 18.7 Å². The van der Waals surface area contributed by atoms with E-state index in [1.54, 1.807) is 24.3 Å². The number of allylic oxidation sites excluding steroid dienone is 2. The molecule has 2 aliphatic carbocycles. The van der Waals surface area contributed by atoms with Gasteiger partial charge in [0, 0.05) is 17.7 Å². The van der Waals surface area contributed by atoms with Gasteiger partial charge in [-0.15, -0.1) is 0 Å². The van der Waals surface area contributed by atoms with Crippen LogP contribution < -0.4 is 0 Å². The Morgan fingerprint density at radius 2 is 1.97 bits per heavy atom. The van der Waals surface area contributed by atoms with Crippen molar-refractivity contribution >= 4 is 11.8 Å². The lowest BCUT2D eigenvalue weighted by Gasteiger charge is -2.48. The van der Waals surface area contributed by atoms with Crippen LogP contribution in [0.5, 0.6) is 0 Å². The third-order valence-electron chi connectivity index (χ3n) is 6.96. The van der Waals surface area contributed by atoms with Crippen molar-refractivity contribution in [2.45, 2.75) is 25.2 Å². The third kappa shape index (κ3) is 3.16. The molecule has 1 heterocycles. The summed E-state index contributed by atoms with van der Waals surface area (Å²) in [6.45, 7) is 1.86. The molecule has 33 heavy (non-hydrogen) atoms. The molecule has 2 aliphatic rings. The molecule has 3 aromatic rings. The van der Waals surface area contributed by atoms with Gasteiger partial charge in [-0.25, -0.2) is 14.8 Å². The van der Waals surface area contributed by atoms with Gasteiger partial charge in [0.2, 0.25) is 0 Å². The first-order chi connectivity index (χ1) is 16.0. The molecule has 0 amide bonds. The molecule has 1 N–H and O–H groups in total. The highest BCUT2D eigenvalue weighted by molar-refractivity contribution is 6.02. The minimum atomic E-state index is -1.03. The molecule has 0 saturated heterocycles. The Bertz CT molecular complexity index is 1360. The van der Waals surface area contributed by atoms with Gasteiger partial charge in [-0.2, -0.15) is 5.26 Å². The van der Waals surface area contributed by atoms with Crippen LogP contribution in [0.25, 0.3) is 11.4 Å². The maximum atomic E-state index is 12.9. The van der Waals surface area contributed by atoms with Crippen LogP contribution in [0.3, 0.4) is 0 Å². The summed E-state index contributed by atoms with van der Waals surface area (Å²) < 4.78 is 0. The summed E-state index contributed by atoms with van der Waals surface area (Å²) in [7, 11) is 0. The highest BCUT2D eigenvalue weighted by atomic mass is 16.4. The second kappa shape index (κ2) is 7.79. The highest BCUT2D eigenvalue weighted by Crippen LogP contribution is 2.53.